The highest BCUT2D eigenvalue weighted by molar-refractivity contribution is 5.89. The number of anilines is 1. The quantitative estimate of drug-likeness (QED) is 0.639. The molecule has 72 valence electrons. The summed E-state index contributed by atoms with van der Waals surface area (Å²) in [5.74, 6) is -1.63. The van der Waals surface area contributed by atoms with Crippen LogP contribution in [-0.4, -0.2) is 0 Å². The maximum absolute atomic E-state index is 13.4. The Morgan fingerprint density at radius 1 is 1.14 bits per heavy atom. The number of hydrogen-bond donors (Lipinski definition) is 1. The predicted molar refractivity (Wildman–Crippen MR) is 53.0 cm³/mol. The number of aryl methyl sites for hydroxylation is 1. The molecule has 3 heteroatoms. The summed E-state index contributed by atoms with van der Waals surface area (Å²) < 4.78 is 26.3. The molecule has 2 N–H and O–H groups in total. The predicted octanol–water partition coefficient (Wildman–Crippen LogP) is 3.01. The van der Waals surface area contributed by atoms with Crippen LogP contribution in [0, 0.1) is 18.6 Å². The van der Waals surface area contributed by atoms with Crippen molar-refractivity contribution in [1.82, 2.24) is 0 Å². The molecule has 2 rings (SSSR count). The average Bonchev–Trinajstić information content (AvgIpc) is 2.10. The second-order valence-corrected chi connectivity index (χ2v) is 3.30. The summed E-state index contributed by atoms with van der Waals surface area (Å²) >= 11 is 0. The van der Waals surface area contributed by atoms with Crippen LogP contribution >= 0.6 is 0 Å². The molecule has 2 aromatic carbocycles. The molecule has 0 aromatic heterocycles. The highest BCUT2D eigenvalue weighted by Gasteiger charge is 2.09. The Labute approximate surface area is 80.1 Å². The lowest BCUT2D eigenvalue weighted by molar-refractivity contribution is 0.517. The monoisotopic (exact) mass is 193 g/mol. The Hall–Kier alpha value is -1.64. The number of nitrogens with two attached hydrogens (primary N) is 1. The van der Waals surface area contributed by atoms with Crippen molar-refractivity contribution in [2.45, 2.75) is 6.92 Å². The van der Waals surface area contributed by atoms with Crippen LogP contribution < -0.4 is 5.73 Å². The second-order valence-electron chi connectivity index (χ2n) is 3.30. The molecule has 0 aliphatic carbocycles. The third-order valence-electron chi connectivity index (χ3n) is 2.23. The van der Waals surface area contributed by atoms with E-state index in [1.807, 2.05) is 0 Å². The van der Waals surface area contributed by atoms with Gasteiger partial charge in [-0.15, -0.1) is 0 Å². The Morgan fingerprint density at radius 2 is 1.86 bits per heavy atom. The molecule has 0 aliphatic heterocycles. The van der Waals surface area contributed by atoms with Crippen LogP contribution in [0.25, 0.3) is 10.8 Å². The molecule has 0 saturated heterocycles. The fourth-order valence-electron chi connectivity index (χ4n) is 1.63. The van der Waals surface area contributed by atoms with E-state index in [1.54, 1.807) is 19.1 Å². The van der Waals surface area contributed by atoms with Gasteiger partial charge in [-0.2, -0.15) is 0 Å². The molecular formula is C11H9F2N. The number of fused-ring (bicyclic) bond motifs is 1. The molecule has 2 aromatic rings. The topological polar surface area (TPSA) is 26.0 Å². The van der Waals surface area contributed by atoms with Gasteiger partial charge in [-0.1, -0.05) is 6.07 Å². The molecule has 0 saturated carbocycles. The van der Waals surface area contributed by atoms with Crippen molar-refractivity contribution in [3.05, 3.63) is 41.5 Å². The van der Waals surface area contributed by atoms with Gasteiger partial charge in [-0.3, -0.25) is 0 Å². The van der Waals surface area contributed by atoms with Crippen molar-refractivity contribution in [3.8, 4) is 0 Å². The summed E-state index contributed by atoms with van der Waals surface area (Å²) in [5, 5.41) is 0.931. The number of nitrogen functional groups attached to an aromatic ring is 1. The number of benzene rings is 2. The minimum Gasteiger partial charge on any atom is -0.399 e. The zero-order valence-corrected chi connectivity index (χ0v) is 7.64. The zero-order valence-electron chi connectivity index (χ0n) is 7.64. The van der Waals surface area contributed by atoms with Crippen molar-refractivity contribution in [2.75, 3.05) is 5.73 Å². The van der Waals surface area contributed by atoms with Crippen LogP contribution in [0.4, 0.5) is 14.5 Å². The van der Waals surface area contributed by atoms with E-state index >= 15 is 0 Å². The smallest absolute Gasteiger partial charge is 0.166 e. The molecule has 0 fully saturated rings. The van der Waals surface area contributed by atoms with Crippen molar-refractivity contribution in [2.24, 2.45) is 0 Å². The molecule has 0 atom stereocenters. The summed E-state index contributed by atoms with van der Waals surface area (Å²) in [6.07, 6.45) is 0. The van der Waals surface area contributed by atoms with Crippen LogP contribution in [-0.2, 0) is 0 Å². The molecule has 0 spiro atoms. The van der Waals surface area contributed by atoms with Crippen LogP contribution in [0.5, 0.6) is 0 Å². The van der Waals surface area contributed by atoms with Crippen LogP contribution in [0.3, 0.4) is 0 Å². The summed E-state index contributed by atoms with van der Waals surface area (Å²) in [7, 11) is 0. The van der Waals surface area contributed by atoms with Gasteiger partial charge in [0.05, 0.1) is 0 Å². The second kappa shape index (κ2) is 2.94. The molecule has 0 unspecified atom stereocenters. The summed E-state index contributed by atoms with van der Waals surface area (Å²) in [6, 6.07) is 5.89. The number of halogens is 2. The highest BCUT2D eigenvalue weighted by atomic mass is 19.2. The molecule has 0 radical (unpaired) electrons. The van der Waals surface area contributed by atoms with Gasteiger partial charge in [-0.05, 0) is 36.1 Å². The van der Waals surface area contributed by atoms with E-state index in [1.165, 1.54) is 6.07 Å². The van der Waals surface area contributed by atoms with Crippen molar-refractivity contribution >= 4 is 16.5 Å². The van der Waals surface area contributed by atoms with Crippen molar-refractivity contribution < 1.29 is 8.78 Å². The summed E-state index contributed by atoms with van der Waals surface area (Å²) in [6.45, 7) is 1.71. The largest absolute Gasteiger partial charge is 0.399 e. The first-order valence-electron chi connectivity index (χ1n) is 4.23. The first kappa shape index (κ1) is 8.94. The van der Waals surface area contributed by atoms with Crippen LogP contribution in [0.15, 0.2) is 24.3 Å². The fraction of sp³-hybridized carbons (Fsp3) is 0.0909. The molecule has 1 nitrogen and oxygen atoms in total. The minimum absolute atomic E-state index is 0.305. The zero-order chi connectivity index (χ0) is 10.3. The van der Waals surface area contributed by atoms with Gasteiger partial charge >= 0.3 is 0 Å². The first-order chi connectivity index (χ1) is 6.59. The van der Waals surface area contributed by atoms with E-state index in [0.29, 0.717) is 22.0 Å². The normalized spacial score (nSPS) is 10.8. The maximum Gasteiger partial charge on any atom is 0.166 e. The Morgan fingerprint density at radius 3 is 2.57 bits per heavy atom. The lowest BCUT2D eigenvalue weighted by Crippen LogP contribution is -1.92. The third kappa shape index (κ3) is 1.21. The Kier molecular flexibility index (Phi) is 1.88. The molecule has 14 heavy (non-hydrogen) atoms. The maximum atomic E-state index is 13.4. The standard InChI is InChI=1S/C11H9F2N/c1-6-4-8(14)5-7-2-3-9(12)11(13)10(6)7/h2-5H,14H2,1H3. The van der Waals surface area contributed by atoms with Gasteiger partial charge in [0, 0.05) is 11.1 Å². The third-order valence-corrected chi connectivity index (χ3v) is 2.23. The number of hydrogen-bond acceptors (Lipinski definition) is 1. The molecule has 0 bridgehead atoms. The van der Waals surface area contributed by atoms with Gasteiger partial charge in [-0.25, -0.2) is 8.78 Å². The molecule has 0 heterocycles. The van der Waals surface area contributed by atoms with E-state index < -0.39 is 11.6 Å². The molecule has 0 aliphatic rings. The van der Waals surface area contributed by atoms with Gasteiger partial charge in [0.2, 0.25) is 0 Å². The molecular weight excluding hydrogens is 184 g/mol. The average molecular weight is 193 g/mol. The Bertz CT molecular complexity index is 506. The van der Waals surface area contributed by atoms with E-state index in [0.717, 1.165) is 6.07 Å². The summed E-state index contributed by atoms with van der Waals surface area (Å²) in [4.78, 5) is 0. The molecule has 0 amide bonds. The van der Waals surface area contributed by atoms with Gasteiger partial charge in [0.1, 0.15) is 0 Å². The lowest BCUT2D eigenvalue weighted by atomic mass is 10.0. The van der Waals surface area contributed by atoms with Gasteiger partial charge in [0.25, 0.3) is 0 Å². The van der Waals surface area contributed by atoms with E-state index in [-0.39, 0.29) is 0 Å². The van der Waals surface area contributed by atoms with E-state index in [4.69, 9.17) is 5.73 Å². The lowest BCUT2D eigenvalue weighted by Gasteiger charge is -2.05. The van der Waals surface area contributed by atoms with E-state index in [9.17, 15) is 8.78 Å². The Balaban J connectivity index is 2.95. The van der Waals surface area contributed by atoms with Gasteiger partial charge < -0.3 is 5.73 Å². The van der Waals surface area contributed by atoms with Crippen LogP contribution in [0.2, 0.25) is 0 Å². The minimum atomic E-state index is -0.828. The van der Waals surface area contributed by atoms with E-state index in [2.05, 4.69) is 0 Å². The van der Waals surface area contributed by atoms with Crippen LogP contribution in [0.1, 0.15) is 5.56 Å². The SMILES string of the molecule is Cc1cc(N)cc2ccc(F)c(F)c12. The first-order valence-corrected chi connectivity index (χ1v) is 4.23. The van der Waals surface area contributed by atoms with Gasteiger partial charge in [0.15, 0.2) is 11.6 Å². The van der Waals surface area contributed by atoms with Crippen molar-refractivity contribution in [1.29, 1.82) is 0 Å². The highest BCUT2D eigenvalue weighted by Crippen LogP contribution is 2.26. The fourth-order valence-corrected chi connectivity index (χ4v) is 1.63. The summed E-state index contributed by atoms with van der Waals surface area (Å²) in [5.41, 5.74) is 6.80. The van der Waals surface area contributed by atoms with Crippen molar-refractivity contribution in [3.63, 3.8) is 0 Å². The number of rotatable bonds is 0.